The fourth-order valence-electron chi connectivity index (χ4n) is 2.07. The number of hydrogen-bond donors (Lipinski definition) is 2. The van der Waals surface area contributed by atoms with Crippen LogP contribution in [0.2, 0.25) is 0 Å². The summed E-state index contributed by atoms with van der Waals surface area (Å²) in [6.45, 7) is 1.58. The molecule has 2 N–H and O–H groups in total. The highest BCUT2D eigenvalue weighted by atomic mass is 16.5. The number of hydrogen-bond acceptors (Lipinski definition) is 4. The molecule has 0 unspecified atom stereocenters. The second-order valence-electron chi connectivity index (χ2n) is 4.85. The first-order chi connectivity index (χ1) is 10.2. The molecule has 5 heteroatoms. The highest BCUT2D eigenvalue weighted by Gasteiger charge is 2.05. The molecule has 0 heterocycles. The molecule has 0 spiro atoms. The smallest absolute Gasteiger partial charge is 0.220 e. The SMILES string of the molecule is CNCCCC(=O)NCCCc1ccc(OC)c(OC)c1. The van der Waals surface area contributed by atoms with E-state index in [4.69, 9.17) is 9.47 Å². The van der Waals surface area contributed by atoms with E-state index >= 15 is 0 Å². The third-order valence-corrected chi connectivity index (χ3v) is 3.24. The molecule has 0 fully saturated rings. The van der Waals surface area contributed by atoms with Crippen molar-refractivity contribution in [3.05, 3.63) is 23.8 Å². The van der Waals surface area contributed by atoms with E-state index in [0.29, 0.717) is 13.0 Å². The van der Waals surface area contributed by atoms with Crippen molar-refractivity contribution >= 4 is 5.91 Å². The molecule has 0 radical (unpaired) electrons. The van der Waals surface area contributed by atoms with Gasteiger partial charge in [-0.2, -0.15) is 0 Å². The second-order valence-corrected chi connectivity index (χ2v) is 4.85. The minimum absolute atomic E-state index is 0.123. The first kappa shape index (κ1) is 17.3. The number of methoxy groups -OCH3 is 2. The van der Waals surface area contributed by atoms with Gasteiger partial charge in [0.25, 0.3) is 0 Å². The van der Waals surface area contributed by atoms with E-state index in [1.807, 2.05) is 25.2 Å². The molecule has 0 bridgehead atoms. The summed E-state index contributed by atoms with van der Waals surface area (Å²) in [6.07, 6.45) is 3.26. The fourth-order valence-corrected chi connectivity index (χ4v) is 2.07. The second kappa shape index (κ2) is 10.0. The van der Waals surface area contributed by atoms with E-state index in [-0.39, 0.29) is 5.91 Å². The van der Waals surface area contributed by atoms with Gasteiger partial charge in [0.2, 0.25) is 5.91 Å². The van der Waals surface area contributed by atoms with Crippen molar-refractivity contribution < 1.29 is 14.3 Å². The lowest BCUT2D eigenvalue weighted by Gasteiger charge is -2.10. The molecule has 1 rings (SSSR count). The first-order valence-electron chi connectivity index (χ1n) is 7.33. The monoisotopic (exact) mass is 294 g/mol. The maximum absolute atomic E-state index is 11.5. The van der Waals surface area contributed by atoms with Crippen LogP contribution in [0.5, 0.6) is 11.5 Å². The van der Waals surface area contributed by atoms with Gasteiger partial charge in [0, 0.05) is 13.0 Å². The van der Waals surface area contributed by atoms with Gasteiger partial charge in [-0.1, -0.05) is 6.07 Å². The highest BCUT2D eigenvalue weighted by Crippen LogP contribution is 2.27. The number of benzene rings is 1. The van der Waals surface area contributed by atoms with Gasteiger partial charge in [0.05, 0.1) is 14.2 Å². The Morgan fingerprint density at radius 1 is 1.10 bits per heavy atom. The number of amides is 1. The molecule has 21 heavy (non-hydrogen) atoms. The molecule has 0 aliphatic rings. The van der Waals surface area contributed by atoms with Crippen molar-refractivity contribution in [3.63, 3.8) is 0 Å². The number of nitrogens with one attached hydrogen (secondary N) is 2. The fraction of sp³-hybridized carbons (Fsp3) is 0.562. The molecule has 0 saturated carbocycles. The maximum Gasteiger partial charge on any atom is 0.220 e. The number of carbonyl (C=O) groups is 1. The van der Waals surface area contributed by atoms with E-state index < -0.39 is 0 Å². The molecule has 1 aromatic carbocycles. The quantitative estimate of drug-likeness (QED) is 0.646. The van der Waals surface area contributed by atoms with Crippen LogP contribution in [0.3, 0.4) is 0 Å². The Hall–Kier alpha value is -1.75. The minimum atomic E-state index is 0.123. The summed E-state index contributed by atoms with van der Waals surface area (Å²) < 4.78 is 10.5. The van der Waals surface area contributed by atoms with E-state index in [9.17, 15) is 4.79 Å². The van der Waals surface area contributed by atoms with Crippen molar-refractivity contribution in [2.45, 2.75) is 25.7 Å². The number of rotatable bonds is 10. The van der Waals surface area contributed by atoms with Gasteiger partial charge in [-0.15, -0.1) is 0 Å². The number of aryl methyl sites for hydroxylation is 1. The molecule has 0 aromatic heterocycles. The summed E-state index contributed by atoms with van der Waals surface area (Å²) in [5.41, 5.74) is 1.18. The Morgan fingerprint density at radius 3 is 2.52 bits per heavy atom. The molecule has 5 nitrogen and oxygen atoms in total. The van der Waals surface area contributed by atoms with E-state index in [2.05, 4.69) is 10.6 Å². The molecule has 0 aliphatic heterocycles. The van der Waals surface area contributed by atoms with Gasteiger partial charge in [-0.25, -0.2) is 0 Å². The largest absolute Gasteiger partial charge is 0.493 e. The Morgan fingerprint density at radius 2 is 1.86 bits per heavy atom. The summed E-state index contributed by atoms with van der Waals surface area (Å²) in [7, 11) is 5.15. The lowest BCUT2D eigenvalue weighted by atomic mass is 10.1. The zero-order valence-electron chi connectivity index (χ0n) is 13.2. The van der Waals surface area contributed by atoms with Crippen LogP contribution >= 0.6 is 0 Å². The van der Waals surface area contributed by atoms with Crippen molar-refractivity contribution in [1.82, 2.24) is 10.6 Å². The summed E-state index contributed by atoms with van der Waals surface area (Å²) in [6, 6.07) is 5.91. The average Bonchev–Trinajstić information content (AvgIpc) is 2.51. The Balaban J connectivity index is 2.28. The van der Waals surface area contributed by atoms with Crippen molar-refractivity contribution in [3.8, 4) is 11.5 Å². The minimum Gasteiger partial charge on any atom is -0.493 e. The van der Waals surface area contributed by atoms with Gasteiger partial charge in [-0.3, -0.25) is 4.79 Å². The molecule has 0 atom stereocenters. The van der Waals surface area contributed by atoms with Crippen LogP contribution in [-0.2, 0) is 11.2 Å². The predicted molar refractivity (Wildman–Crippen MR) is 84.0 cm³/mol. The van der Waals surface area contributed by atoms with E-state index in [1.165, 1.54) is 5.56 Å². The molecule has 1 amide bonds. The van der Waals surface area contributed by atoms with Crippen LogP contribution < -0.4 is 20.1 Å². The number of carbonyl (C=O) groups excluding carboxylic acids is 1. The highest BCUT2D eigenvalue weighted by molar-refractivity contribution is 5.75. The average molecular weight is 294 g/mol. The standard InChI is InChI=1S/C16H26N2O3/c1-17-10-5-7-16(19)18-11-4-6-13-8-9-14(20-2)15(12-13)21-3/h8-9,12,17H,4-7,10-11H2,1-3H3,(H,18,19). The normalized spacial score (nSPS) is 10.2. The van der Waals surface area contributed by atoms with Crippen LogP contribution in [0.4, 0.5) is 0 Å². The van der Waals surface area contributed by atoms with Crippen LogP contribution in [0.15, 0.2) is 18.2 Å². The number of ether oxygens (including phenoxy) is 2. The molecule has 0 aliphatic carbocycles. The molecular formula is C16H26N2O3. The van der Waals surface area contributed by atoms with Gasteiger partial charge in [-0.05, 0) is 50.6 Å². The van der Waals surface area contributed by atoms with Gasteiger partial charge in [0.1, 0.15) is 0 Å². The van der Waals surface area contributed by atoms with Crippen LogP contribution in [0.25, 0.3) is 0 Å². The topological polar surface area (TPSA) is 59.6 Å². The van der Waals surface area contributed by atoms with Crippen molar-refractivity contribution in [1.29, 1.82) is 0 Å². The Labute approximate surface area is 127 Å². The van der Waals surface area contributed by atoms with E-state index in [0.717, 1.165) is 37.3 Å². The van der Waals surface area contributed by atoms with Crippen LogP contribution in [-0.4, -0.2) is 40.3 Å². The van der Waals surface area contributed by atoms with E-state index in [1.54, 1.807) is 14.2 Å². The van der Waals surface area contributed by atoms with Gasteiger partial charge in [0.15, 0.2) is 11.5 Å². The molecule has 1 aromatic rings. The summed E-state index contributed by atoms with van der Waals surface area (Å²) in [4.78, 5) is 11.5. The third-order valence-electron chi connectivity index (χ3n) is 3.24. The third kappa shape index (κ3) is 6.49. The first-order valence-corrected chi connectivity index (χ1v) is 7.33. The molecular weight excluding hydrogens is 268 g/mol. The van der Waals surface area contributed by atoms with Gasteiger partial charge >= 0.3 is 0 Å². The zero-order valence-corrected chi connectivity index (χ0v) is 13.2. The van der Waals surface area contributed by atoms with Crippen molar-refractivity contribution in [2.24, 2.45) is 0 Å². The predicted octanol–water partition coefficient (Wildman–Crippen LogP) is 1.75. The van der Waals surface area contributed by atoms with Crippen molar-refractivity contribution in [2.75, 3.05) is 34.4 Å². The Bertz CT molecular complexity index is 436. The summed E-state index contributed by atoms with van der Waals surface area (Å²) in [5, 5.41) is 5.97. The lowest BCUT2D eigenvalue weighted by molar-refractivity contribution is -0.121. The van der Waals surface area contributed by atoms with Crippen LogP contribution in [0, 0.1) is 0 Å². The summed E-state index contributed by atoms with van der Waals surface area (Å²) in [5.74, 6) is 1.60. The lowest BCUT2D eigenvalue weighted by Crippen LogP contribution is -2.25. The molecule has 118 valence electrons. The zero-order chi connectivity index (χ0) is 15.5. The summed E-state index contributed by atoms with van der Waals surface area (Å²) >= 11 is 0. The van der Waals surface area contributed by atoms with Gasteiger partial charge < -0.3 is 20.1 Å². The maximum atomic E-state index is 11.5. The molecule has 0 saturated heterocycles. The Kier molecular flexibility index (Phi) is 8.28. The van der Waals surface area contributed by atoms with Crippen LogP contribution in [0.1, 0.15) is 24.8 Å².